The SMILES string of the molecule is COC(=O)C1C(=O)CC(C)(C(C)C)N1C(=O)OCc1ccccc1. The molecule has 2 atom stereocenters. The number of nitrogens with zero attached hydrogens (tertiary/aromatic N) is 1. The number of likely N-dealkylation sites (tertiary alicyclic amines) is 1. The Balaban J connectivity index is 2.24. The summed E-state index contributed by atoms with van der Waals surface area (Å²) in [6, 6.07) is 7.98. The lowest BCUT2D eigenvalue weighted by Gasteiger charge is -2.38. The van der Waals surface area contributed by atoms with Gasteiger partial charge in [0.25, 0.3) is 0 Å². The number of esters is 1. The van der Waals surface area contributed by atoms with Crippen molar-refractivity contribution in [3.05, 3.63) is 35.9 Å². The molecule has 0 spiro atoms. The lowest BCUT2D eigenvalue weighted by atomic mass is 9.86. The molecule has 0 saturated carbocycles. The van der Waals surface area contributed by atoms with Gasteiger partial charge in [-0.05, 0) is 18.4 Å². The summed E-state index contributed by atoms with van der Waals surface area (Å²) < 4.78 is 10.1. The second-order valence-corrected chi connectivity index (χ2v) is 6.49. The summed E-state index contributed by atoms with van der Waals surface area (Å²) in [5.41, 5.74) is 0.0428. The molecule has 0 bridgehead atoms. The molecule has 0 aromatic heterocycles. The summed E-state index contributed by atoms with van der Waals surface area (Å²) in [7, 11) is 1.20. The molecule has 1 aliphatic heterocycles. The number of ether oxygens (including phenoxy) is 2. The van der Waals surface area contributed by atoms with Gasteiger partial charge in [-0.25, -0.2) is 9.59 Å². The highest BCUT2D eigenvalue weighted by molar-refractivity contribution is 6.08. The molecular weight excluding hydrogens is 310 g/mol. The fourth-order valence-corrected chi connectivity index (χ4v) is 2.91. The van der Waals surface area contributed by atoms with Crippen LogP contribution >= 0.6 is 0 Å². The van der Waals surface area contributed by atoms with Gasteiger partial charge in [0.05, 0.1) is 12.6 Å². The molecule has 6 nitrogen and oxygen atoms in total. The third-order valence-electron chi connectivity index (χ3n) is 4.72. The van der Waals surface area contributed by atoms with E-state index in [1.807, 2.05) is 44.2 Å². The van der Waals surface area contributed by atoms with E-state index in [4.69, 9.17) is 9.47 Å². The van der Waals surface area contributed by atoms with Crippen LogP contribution < -0.4 is 0 Å². The first-order valence-electron chi connectivity index (χ1n) is 7.92. The second kappa shape index (κ2) is 7.03. The van der Waals surface area contributed by atoms with Crippen molar-refractivity contribution in [2.24, 2.45) is 5.92 Å². The largest absolute Gasteiger partial charge is 0.467 e. The fraction of sp³-hybridized carbons (Fsp3) is 0.500. The maximum atomic E-state index is 12.7. The van der Waals surface area contributed by atoms with Crippen molar-refractivity contribution in [3.8, 4) is 0 Å². The number of carbonyl (C=O) groups excluding carboxylic acids is 3. The average molecular weight is 333 g/mol. The van der Waals surface area contributed by atoms with E-state index in [1.54, 1.807) is 6.92 Å². The predicted molar refractivity (Wildman–Crippen MR) is 87.1 cm³/mol. The average Bonchev–Trinajstić information content (AvgIpc) is 2.85. The molecule has 2 unspecified atom stereocenters. The number of ketones is 1. The molecule has 130 valence electrons. The zero-order chi connectivity index (χ0) is 17.9. The van der Waals surface area contributed by atoms with Crippen LogP contribution in [0.25, 0.3) is 0 Å². The number of rotatable bonds is 4. The molecule has 24 heavy (non-hydrogen) atoms. The number of carbonyl (C=O) groups is 3. The number of hydrogen-bond acceptors (Lipinski definition) is 5. The molecule has 0 aliphatic carbocycles. The maximum Gasteiger partial charge on any atom is 0.411 e. The van der Waals surface area contributed by atoms with E-state index in [0.29, 0.717) is 0 Å². The van der Waals surface area contributed by atoms with E-state index in [1.165, 1.54) is 12.0 Å². The Kier molecular flexibility index (Phi) is 5.26. The van der Waals surface area contributed by atoms with Crippen molar-refractivity contribution in [1.82, 2.24) is 4.90 Å². The normalized spacial score (nSPS) is 23.5. The van der Waals surface area contributed by atoms with E-state index in [2.05, 4.69) is 0 Å². The molecule has 2 rings (SSSR count). The van der Waals surface area contributed by atoms with Gasteiger partial charge in [-0.15, -0.1) is 0 Å². The third-order valence-corrected chi connectivity index (χ3v) is 4.72. The molecular formula is C18H23NO5. The molecule has 6 heteroatoms. The van der Waals surface area contributed by atoms with Crippen molar-refractivity contribution in [3.63, 3.8) is 0 Å². The number of methoxy groups -OCH3 is 1. The first-order valence-corrected chi connectivity index (χ1v) is 7.92. The van der Waals surface area contributed by atoms with Gasteiger partial charge >= 0.3 is 12.1 Å². The van der Waals surface area contributed by atoms with Gasteiger partial charge in [-0.3, -0.25) is 9.69 Å². The van der Waals surface area contributed by atoms with E-state index in [-0.39, 0.29) is 24.7 Å². The molecule has 1 amide bonds. The summed E-state index contributed by atoms with van der Waals surface area (Å²) in [5, 5.41) is 0. The number of hydrogen-bond donors (Lipinski definition) is 0. The highest BCUT2D eigenvalue weighted by Gasteiger charge is 2.56. The van der Waals surface area contributed by atoms with Crippen LogP contribution in [-0.4, -0.2) is 41.4 Å². The minimum absolute atomic E-state index is 0.0274. The monoisotopic (exact) mass is 333 g/mol. The summed E-state index contributed by atoms with van der Waals surface area (Å²) >= 11 is 0. The minimum Gasteiger partial charge on any atom is -0.467 e. The highest BCUT2D eigenvalue weighted by Crippen LogP contribution is 2.38. The molecule has 0 N–H and O–H groups in total. The van der Waals surface area contributed by atoms with Crippen molar-refractivity contribution in [2.45, 2.75) is 45.4 Å². The van der Waals surface area contributed by atoms with Crippen LogP contribution in [0.15, 0.2) is 30.3 Å². The summed E-state index contributed by atoms with van der Waals surface area (Å²) in [4.78, 5) is 38.3. The maximum absolute atomic E-state index is 12.7. The van der Waals surface area contributed by atoms with Crippen molar-refractivity contribution < 1.29 is 23.9 Å². The quantitative estimate of drug-likeness (QED) is 0.625. The molecule has 1 aliphatic rings. The minimum atomic E-state index is -1.24. The van der Waals surface area contributed by atoms with Gasteiger partial charge in [-0.2, -0.15) is 0 Å². The Labute approximate surface area is 141 Å². The Morgan fingerprint density at radius 1 is 1.29 bits per heavy atom. The molecule has 1 fully saturated rings. The second-order valence-electron chi connectivity index (χ2n) is 6.49. The van der Waals surface area contributed by atoms with Crippen LogP contribution in [0.1, 0.15) is 32.8 Å². The Morgan fingerprint density at radius 3 is 2.46 bits per heavy atom. The van der Waals surface area contributed by atoms with E-state index in [9.17, 15) is 14.4 Å². The van der Waals surface area contributed by atoms with Crippen molar-refractivity contribution in [2.75, 3.05) is 7.11 Å². The van der Waals surface area contributed by atoms with Gasteiger partial charge in [-0.1, -0.05) is 44.2 Å². The molecule has 1 saturated heterocycles. The van der Waals surface area contributed by atoms with Gasteiger partial charge < -0.3 is 9.47 Å². The van der Waals surface area contributed by atoms with Crippen molar-refractivity contribution in [1.29, 1.82) is 0 Å². The Hall–Kier alpha value is -2.37. The number of Topliss-reactive ketones (excluding diaryl/α,β-unsaturated/α-hetero) is 1. The van der Waals surface area contributed by atoms with Crippen LogP contribution in [0, 0.1) is 5.92 Å². The zero-order valence-corrected chi connectivity index (χ0v) is 14.4. The third kappa shape index (κ3) is 3.27. The van der Waals surface area contributed by atoms with Crippen LogP contribution in [0.3, 0.4) is 0 Å². The van der Waals surface area contributed by atoms with Crippen molar-refractivity contribution >= 4 is 17.8 Å². The topological polar surface area (TPSA) is 72.9 Å². The number of amides is 1. The van der Waals surface area contributed by atoms with Crippen LogP contribution in [0.5, 0.6) is 0 Å². The summed E-state index contributed by atoms with van der Waals surface area (Å²) in [6.07, 6.45) is -0.582. The van der Waals surface area contributed by atoms with Crippen LogP contribution in [-0.2, 0) is 25.7 Å². The van der Waals surface area contributed by atoms with Gasteiger partial charge in [0.1, 0.15) is 6.61 Å². The fourth-order valence-electron chi connectivity index (χ4n) is 2.91. The smallest absolute Gasteiger partial charge is 0.411 e. The lowest BCUT2D eigenvalue weighted by Crippen LogP contribution is -2.54. The first-order chi connectivity index (χ1) is 11.3. The van der Waals surface area contributed by atoms with Crippen LogP contribution in [0.2, 0.25) is 0 Å². The van der Waals surface area contributed by atoms with E-state index < -0.39 is 23.6 Å². The summed E-state index contributed by atoms with van der Waals surface area (Å²) in [6.45, 7) is 5.68. The van der Waals surface area contributed by atoms with Gasteiger partial charge in [0.2, 0.25) is 0 Å². The Morgan fingerprint density at radius 2 is 1.92 bits per heavy atom. The van der Waals surface area contributed by atoms with E-state index >= 15 is 0 Å². The van der Waals surface area contributed by atoms with Gasteiger partial charge in [0, 0.05) is 6.42 Å². The highest BCUT2D eigenvalue weighted by atomic mass is 16.6. The summed E-state index contributed by atoms with van der Waals surface area (Å²) in [5.74, 6) is -1.09. The van der Waals surface area contributed by atoms with Crippen LogP contribution in [0.4, 0.5) is 4.79 Å². The molecule has 1 aromatic carbocycles. The lowest BCUT2D eigenvalue weighted by molar-refractivity contribution is -0.149. The number of benzene rings is 1. The standard InChI is InChI=1S/C18H23NO5/c1-12(2)18(3)10-14(20)15(16(21)23-4)19(18)17(22)24-11-13-8-6-5-7-9-13/h5-9,12,15H,10-11H2,1-4H3. The predicted octanol–water partition coefficient (Wildman–Crippen LogP) is 2.55. The zero-order valence-electron chi connectivity index (χ0n) is 14.4. The van der Waals surface area contributed by atoms with Gasteiger partial charge in [0.15, 0.2) is 11.8 Å². The first kappa shape index (κ1) is 18.0. The van der Waals surface area contributed by atoms with E-state index in [0.717, 1.165) is 5.56 Å². The molecule has 1 aromatic rings. The molecule has 1 heterocycles. The Bertz CT molecular complexity index is 628. The molecule has 0 radical (unpaired) electrons.